The fourth-order valence-electron chi connectivity index (χ4n) is 2.37. The van der Waals surface area contributed by atoms with E-state index in [0.29, 0.717) is 11.7 Å². The topological polar surface area (TPSA) is 36.4 Å². The van der Waals surface area contributed by atoms with Crippen LogP contribution in [0.4, 0.5) is 4.39 Å². The van der Waals surface area contributed by atoms with Gasteiger partial charge in [-0.15, -0.1) is 0 Å². The average molecular weight is 336 g/mol. The van der Waals surface area contributed by atoms with Crippen molar-refractivity contribution < 1.29 is 9.18 Å². The first-order valence-corrected chi connectivity index (χ1v) is 7.53. The second-order valence-electron chi connectivity index (χ2n) is 5.60. The SMILES string of the molecule is CN(Cc1ccc(Cl)nc1)C(=O)[C@H](c1ccc(F)cc1)N(C)C. The smallest absolute Gasteiger partial charge is 0.244 e. The third-order valence-electron chi connectivity index (χ3n) is 3.52. The van der Waals surface area contributed by atoms with E-state index in [1.54, 1.807) is 36.3 Å². The van der Waals surface area contributed by atoms with E-state index in [0.717, 1.165) is 11.1 Å². The molecule has 1 heterocycles. The minimum Gasteiger partial charge on any atom is -0.340 e. The maximum atomic E-state index is 13.1. The summed E-state index contributed by atoms with van der Waals surface area (Å²) in [6, 6.07) is 9.05. The van der Waals surface area contributed by atoms with Gasteiger partial charge in [0.1, 0.15) is 17.0 Å². The number of carbonyl (C=O) groups excluding carboxylic acids is 1. The predicted molar refractivity (Wildman–Crippen MR) is 88.5 cm³/mol. The Bertz CT molecular complexity index is 659. The van der Waals surface area contributed by atoms with E-state index in [4.69, 9.17) is 11.6 Å². The zero-order valence-electron chi connectivity index (χ0n) is 13.3. The van der Waals surface area contributed by atoms with Gasteiger partial charge in [0.15, 0.2) is 0 Å². The second kappa shape index (κ2) is 7.53. The first-order chi connectivity index (χ1) is 10.9. The zero-order chi connectivity index (χ0) is 17.0. The van der Waals surface area contributed by atoms with E-state index >= 15 is 0 Å². The molecule has 0 fully saturated rings. The summed E-state index contributed by atoms with van der Waals surface area (Å²) in [6.45, 7) is 0.425. The normalized spacial score (nSPS) is 12.3. The molecule has 6 heteroatoms. The van der Waals surface area contributed by atoms with Gasteiger partial charge in [-0.2, -0.15) is 0 Å². The summed E-state index contributed by atoms with van der Waals surface area (Å²) in [5.41, 5.74) is 1.64. The summed E-state index contributed by atoms with van der Waals surface area (Å²) in [6.07, 6.45) is 1.65. The highest BCUT2D eigenvalue weighted by molar-refractivity contribution is 6.29. The summed E-state index contributed by atoms with van der Waals surface area (Å²) < 4.78 is 13.1. The fraction of sp³-hybridized carbons (Fsp3) is 0.294. The molecule has 23 heavy (non-hydrogen) atoms. The summed E-state index contributed by atoms with van der Waals surface area (Å²) in [4.78, 5) is 20.2. The van der Waals surface area contributed by atoms with Crippen molar-refractivity contribution in [2.45, 2.75) is 12.6 Å². The molecule has 4 nitrogen and oxygen atoms in total. The first kappa shape index (κ1) is 17.4. The van der Waals surface area contributed by atoms with Gasteiger partial charge in [-0.25, -0.2) is 9.37 Å². The van der Waals surface area contributed by atoms with Crippen molar-refractivity contribution in [1.82, 2.24) is 14.8 Å². The van der Waals surface area contributed by atoms with E-state index in [9.17, 15) is 9.18 Å². The Morgan fingerprint density at radius 3 is 2.35 bits per heavy atom. The Kier molecular flexibility index (Phi) is 5.69. The van der Waals surface area contributed by atoms with Crippen molar-refractivity contribution in [2.75, 3.05) is 21.1 Å². The molecule has 0 saturated carbocycles. The van der Waals surface area contributed by atoms with Crippen LogP contribution in [0.1, 0.15) is 17.2 Å². The Balaban J connectivity index is 2.16. The second-order valence-corrected chi connectivity index (χ2v) is 5.99. The lowest BCUT2D eigenvalue weighted by atomic mass is 10.0. The van der Waals surface area contributed by atoms with Crippen LogP contribution < -0.4 is 0 Å². The maximum Gasteiger partial charge on any atom is 0.244 e. The molecule has 2 aromatic rings. The Hall–Kier alpha value is -1.98. The number of likely N-dealkylation sites (N-methyl/N-ethyl adjacent to an activating group) is 2. The lowest BCUT2D eigenvalue weighted by molar-refractivity contribution is -0.135. The minimum absolute atomic E-state index is 0.0726. The molecule has 0 N–H and O–H groups in total. The fourth-order valence-corrected chi connectivity index (χ4v) is 2.48. The van der Waals surface area contributed by atoms with Gasteiger partial charge in [-0.05, 0) is 43.4 Å². The molecule has 0 aliphatic carbocycles. The van der Waals surface area contributed by atoms with Crippen LogP contribution in [0.25, 0.3) is 0 Å². The van der Waals surface area contributed by atoms with Crippen LogP contribution in [0.3, 0.4) is 0 Å². The van der Waals surface area contributed by atoms with E-state index in [1.807, 2.05) is 25.1 Å². The molecular weight excluding hydrogens is 317 g/mol. The van der Waals surface area contributed by atoms with Gasteiger partial charge >= 0.3 is 0 Å². The van der Waals surface area contributed by atoms with Crippen molar-refractivity contribution in [2.24, 2.45) is 0 Å². The number of benzene rings is 1. The molecule has 1 amide bonds. The van der Waals surface area contributed by atoms with Crippen LogP contribution in [0.2, 0.25) is 5.15 Å². The van der Waals surface area contributed by atoms with Gasteiger partial charge in [-0.1, -0.05) is 29.8 Å². The molecule has 0 aliphatic rings. The van der Waals surface area contributed by atoms with Gasteiger partial charge < -0.3 is 4.90 Å². The largest absolute Gasteiger partial charge is 0.340 e. The van der Waals surface area contributed by atoms with Crippen molar-refractivity contribution in [3.63, 3.8) is 0 Å². The summed E-state index contributed by atoms with van der Waals surface area (Å²) in [5, 5.41) is 0.417. The Morgan fingerprint density at radius 2 is 1.83 bits per heavy atom. The standard InChI is InChI=1S/C17H19ClFN3O/c1-21(2)16(13-5-7-14(19)8-6-13)17(23)22(3)11-12-4-9-15(18)20-10-12/h4-10,16H,11H2,1-3H3/t16-/m0/s1. The van der Waals surface area contributed by atoms with Gasteiger partial charge in [-0.3, -0.25) is 9.69 Å². The zero-order valence-corrected chi connectivity index (χ0v) is 14.1. The number of halogens is 2. The molecule has 122 valence electrons. The molecule has 0 aliphatic heterocycles. The summed E-state index contributed by atoms with van der Waals surface area (Å²) in [7, 11) is 5.38. The Labute approximate surface area is 140 Å². The molecule has 0 unspecified atom stereocenters. The third kappa shape index (κ3) is 4.50. The highest BCUT2D eigenvalue weighted by Gasteiger charge is 2.26. The molecule has 0 saturated heterocycles. The van der Waals surface area contributed by atoms with Crippen LogP contribution in [-0.2, 0) is 11.3 Å². The van der Waals surface area contributed by atoms with E-state index in [-0.39, 0.29) is 11.7 Å². The van der Waals surface area contributed by atoms with Crippen LogP contribution in [-0.4, -0.2) is 41.8 Å². The summed E-state index contributed by atoms with van der Waals surface area (Å²) >= 11 is 5.77. The monoisotopic (exact) mass is 335 g/mol. The molecule has 1 atom stereocenters. The molecule has 0 spiro atoms. The summed E-state index contributed by atoms with van der Waals surface area (Å²) in [5.74, 6) is -0.393. The quantitative estimate of drug-likeness (QED) is 0.788. The molecule has 1 aromatic heterocycles. The highest BCUT2D eigenvalue weighted by atomic mass is 35.5. The van der Waals surface area contributed by atoms with Crippen LogP contribution in [0.5, 0.6) is 0 Å². The molecule has 0 radical (unpaired) electrons. The van der Waals surface area contributed by atoms with Gasteiger partial charge in [0.25, 0.3) is 0 Å². The molecular formula is C17H19ClFN3O. The molecule has 1 aromatic carbocycles. The molecule has 0 bridgehead atoms. The predicted octanol–water partition coefficient (Wildman–Crippen LogP) is 3.14. The lowest BCUT2D eigenvalue weighted by Crippen LogP contribution is -2.38. The average Bonchev–Trinajstić information content (AvgIpc) is 2.51. The van der Waals surface area contributed by atoms with Gasteiger partial charge in [0.05, 0.1) is 0 Å². The van der Waals surface area contributed by atoms with Crippen LogP contribution >= 0.6 is 11.6 Å². The van der Waals surface area contributed by atoms with Crippen LogP contribution in [0, 0.1) is 5.82 Å². The van der Waals surface area contributed by atoms with Crippen molar-refractivity contribution in [3.05, 3.63) is 64.7 Å². The van der Waals surface area contributed by atoms with Gasteiger partial charge in [0.2, 0.25) is 5.91 Å². The number of amides is 1. The minimum atomic E-state index is -0.471. The maximum absolute atomic E-state index is 13.1. The number of hydrogen-bond donors (Lipinski definition) is 0. The number of rotatable bonds is 5. The number of aromatic nitrogens is 1. The van der Waals surface area contributed by atoms with Crippen molar-refractivity contribution in [1.29, 1.82) is 0 Å². The number of hydrogen-bond acceptors (Lipinski definition) is 3. The highest BCUT2D eigenvalue weighted by Crippen LogP contribution is 2.22. The number of carbonyl (C=O) groups is 1. The number of pyridine rings is 1. The number of nitrogens with zero attached hydrogens (tertiary/aromatic N) is 3. The van der Waals surface area contributed by atoms with Crippen LogP contribution in [0.15, 0.2) is 42.6 Å². The van der Waals surface area contributed by atoms with Crippen molar-refractivity contribution >= 4 is 17.5 Å². The van der Waals surface area contributed by atoms with E-state index < -0.39 is 6.04 Å². The van der Waals surface area contributed by atoms with E-state index in [2.05, 4.69) is 4.98 Å². The third-order valence-corrected chi connectivity index (χ3v) is 3.74. The first-order valence-electron chi connectivity index (χ1n) is 7.16. The van der Waals surface area contributed by atoms with Gasteiger partial charge in [0, 0.05) is 19.8 Å². The molecule has 2 rings (SSSR count). The van der Waals surface area contributed by atoms with E-state index in [1.165, 1.54) is 12.1 Å². The Morgan fingerprint density at radius 1 is 1.17 bits per heavy atom. The lowest BCUT2D eigenvalue weighted by Gasteiger charge is -2.28. The van der Waals surface area contributed by atoms with Crippen molar-refractivity contribution in [3.8, 4) is 0 Å².